The van der Waals surface area contributed by atoms with Crippen molar-refractivity contribution in [2.75, 3.05) is 73.9 Å². The Morgan fingerprint density at radius 1 is 0.712 bits per heavy atom. The van der Waals surface area contributed by atoms with Crippen LogP contribution in [0.25, 0.3) is 21.8 Å². The molecule has 2 aromatic heterocycles. The van der Waals surface area contributed by atoms with Crippen molar-refractivity contribution in [3.8, 4) is 11.5 Å². The summed E-state index contributed by atoms with van der Waals surface area (Å²) in [5.41, 5.74) is 1.12. The number of hydrogen-bond donors (Lipinski definition) is 3. The summed E-state index contributed by atoms with van der Waals surface area (Å²) in [5, 5.41) is 10.5. The number of benzene rings is 4. The number of aromatic nitrogens is 4. The van der Waals surface area contributed by atoms with E-state index in [2.05, 4.69) is 64.7 Å². The smallest absolute Gasteiger partial charge is 0.416 e. The maximum atomic E-state index is 12.6. The molecular weight excluding hydrogens is 871 g/mol. The lowest BCUT2D eigenvalue weighted by atomic mass is 10.0. The van der Waals surface area contributed by atoms with Gasteiger partial charge in [0.15, 0.2) is 13.2 Å². The second kappa shape index (κ2) is 19.4. The van der Waals surface area contributed by atoms with Crippen LogP contribution < -0.4 is 35.2 Å². The number of piperazine rings is 1. The SMILES string of the molecule is CN(C)C1CCN(c2ncc3cc(NC(=O)COc4ccc(C(F)(F)F)cc4)ccc3n2)CC1.O=C(COc1ccc(C(F)(F)F)cc1)Nc1ccc2nc(N3CC4CC3CN4)ncc2c1. The monoisotopic (exact) mass is 916 g/mol. The molecule has 5 heterocycles. The third-order valence-electron chi connectivity index (χ3n) is 11.6. The molecule has 14 nitrogen and oxygen atoms in total. The van der Waals surface area contributed by atoms with E-state index in [1.54, 1.807) is 36.7 Å². The number of anilines is 4. The Balaban J connectivity index is 0.000000180. The van der Waals surface area contributed by atoms with Crippen LogP contribution in [0.15, 0.2) is 97.3 Å². The summed E-state index contributed by atoms with van der Waals surface area (Å²) in [6.45, 7) is 3.00. The Morgan fingerprint density at radius 2 is 1.20 bits per heavy atom. The molecule has 2 atom stereocenters. The average molecular weight is 917 g/mol. The van der Waals surface area contributed by atoms with Gasteiger partial charge in [0.05, 0.1) is 22.2 Å². The first-order valence-electron chi connectivity index (χ1n) is 21.2. The number of carbonyl (C=O) groups excluding carboxylic acids is 2. The van der Waals surface area contributed by atoms with Crippen LogP contribution in [0.5, 0.6) is 11.5 Å². The first kappa shape index (κ1) is 45.8. The van der Waals surface area contributed by atoms with Gasteiger partial charge in [-0.2, -0.15) is 26.3 Å². The van der Waals surface area contributed by atoms with Crippen LogP contribution in [0.4, 0.5) is 49.6 Å². The van der Waals surface area contributed by atoms with Crippen molar-refractivity contribution in [1.29, 1.82) is 0 Å². The Morgan fingerprint density at radius 3 is 1.64 bits per heavy atom. The molecule has 2 amide bonds. The fraction of sp³-hybridized carbons (Fsp3) is 0.348. The zero-order valence-corrected chi connectivity index (χ0v) is 35.9. The number of hydrogen-bond acceptors (Lipinski definition) is 12. The quantitative estimate of drug-likeness (QED) is 0.111. The summed E-state index contributed by atoms with van der Waals surface area (Å²) in [5.74, 6) is 0.915. The van der Waals surface area contributed by atoms with Gasteiger partial charge in [0.25, 0.3) is 11.8 Å². The summed E-state index contributed by atoms with van der Waals surface area (Å²) in [4.78, 5) is 49.4. The van der Waals surface area contributed by atoms with E-state index in [1.165, 1.54) is 24.3 Å². The number of rotatable bonds is 11. The van der Waals surface area contributed by atoms with E-state index in [0.29, 0.717) is 41.4 Å². The first-order chi connectivity index (χ1) is 31.5. The first-order valence-corrected chi connectivity index (χ1v) is 21.2. The molecule has 2 bridgehead atoms. The highest BCUT2D eigenvalue weighted by molar-refractivity contribution is 5.95. The maximum absolute atomic E-state index is 12.6. The lowest BCUT2D eigenvalue weighted by Gasteiger charge is -2.35. The van der Waals surface area contributed by atoms with Gasteiger partial charge in [0.2, 0.25) is 11.9 Å². The van der Waals surface area contributed by atoms with Crippen LogP contribution in [0.1, 0.15) is 30.4 Å². The number of halogens is 6. The van der Waals surface area contributed by atoms with Crippen molar-refractivity contribution in [1.82, 2.24) is 30.2 Å². The molecular formula is C46H46F6N10O4. The van der Waals surface area contributed by atoms with Crippen molar-refractivity contribution in [2.45, 2.75) is 49.7 Å². The van der Waals surface area contributed by atoms with E-state index < -0.39 is 35.3 Å². The number of carbonyl (C=O) groups is 2. The van der Waals surface area contributed by atoms with E-state index in [0.717, 1.165) is 91.5 Å². The predicted octanol–water partition coefficient (Wildman–Crippen LogP) is 7.41. The molecule has 6 aromatic rings. The van der Waals surface area contributed by atoms with Crippen molar-refractivity contribution < 1.29 is 45.4 Å². The standard InChI is InChI=1S/C24H26F3N5O2.C22H20F3N5O2/c1-31(2)19-9-11-32(12-10-19)23-28-14-16-13-18(5-8-21(16)30-23)29-22(33)15-34-20-6-3-17(4-7-20)24(25,26)27;23-22(24,25)14-1-4-18(5-2-14)32-12-20(31)28-15-3-6-19-13(7-15)9-27-21(29-19)30-11-16-8-17(30)10-26-16/h3-8,13-14,19H,9-12,15H2,1-2H3,(H,29,33);1-7,9,16-17,26H,8,10-12H2,(H,28,31). The van der Waals surface area contributed by atoms with E-state index in [4.69, 9.17) is 9.47 Å². The third kappa shape index (κ3) is 11.3. The number of nitrogens with zero attached hydrogens (tertiary/aromatic N) is 7. The molecule has 3 N–H and O–H groups in total. The molecule has 3 aliphatic rings. The van der Waals surface area contributed by atoms with Gasteiger partial charge in [-0.25, -0.2) is 19.9 Å². The van der Waals surface area contributed by atoms with Crippen LogP contribution in [0.3, 0.4) is 0 Å². The normalized spacial score (nSPS) is 17.5. The van der Waals surface area contributed by atoms with E-state index >= 15 is 0 Å². The zero-order chi connectivity index (χ0) is 46.6. The van der Waals surface area contributed by atoms with Gasteiger partial charge in [0.1, 0.15) is 11.5 Å². The Hall–Kier alpha value is -6.80. The topological polar surface area (TPSA) is 150 Å². The number of piperidine rings is 1. The third-order valence-corrected chi connectivity index (χ3v) is 11.6. The summed E-state index contributed by atoms with van der Waals surface area (Å²) in [6.07, 6.45) is -2.11. The highest BCUT2D eigenvalue weighted by Crippen LogP contribution is 2.32. The van der Waals surface area contributed by atoms with Crippen LogP contribution in [-0.2, 0) is 21.9 Å². The molecule has 0 saturated carbocycles. The number of ether oxygens (including phenoxy) is 2. The van der Waals surface area contributed by atoms with Gasteiger partial charge in [-0.1, -0.05) is 0 Å². The molecule has 4 aromatic carbocycles. The minimum absolute atomic E-state index is 0.178. The Kier molecular flexibility index (Phi) is 13.4. The minimum Gasteiger partial charge on any atom is -0.484 e. The number of nitrogens with one attached hydrogen (secondary N) is 3. The lowest BCUT2D eigenvalue weighted by molar-refractivity contribution is -0.138. The minimum atomic E-state index is -4.42. The highest BCUT2D eigenvalue weighted by Gasteiger charge is 2.39. The van der Waals surface area contributed by atoms with Gasteiger partial charge >= 0.3 is 12.4 Å². The van der Waals surface area contributed by atoms with Crippen molar-refractivity contribution in [2.24, 2.45) is 0 Å². The molecule has 0 spiro atoms. The summed E-state index contributed by atoms with van der Waals surface area (Å²) in [6, 6.07) is 20.6. The van der Waals surface area contributed by atoms with Crippen LogP contribution in [0.2, 0.25) is 0 Å². The summed E-state index contributed by atoms with van der Waals surface area (Å²) in [7, 11) is 4.20. The van der Waals surface area contributed by atoms with Gasteiger partial charge in [-0.05, 0) is 118 Å². The molecule has 3 aliphatic heterocycles. The number of alkyl halides is 6. The molecule has 0 radical (unpaired) electrons. The van der Waals surface area contributed by atoms with E-state index in [9.17, 15) is 35.9 Å². The fourth-order valence-corrected chi connectivity index (χ4v) is 8.05. The van der Waals surface area contributed by atoms with E-state index in [1.807, 2.05) is 12.1 Å². The van der Waals surface area contributed by atoms with Crippen LogP contribution in [-0.4, -0.2) is 108 Å². The molecule has 3 saturated heterocycles. The largest absolute Gasteiger partial charge is 0.484 e. The lowest BCUT2D eigenvalue weighted by Crippen LogP contribution is -2.44. The van der Waals surface area contributed by atoms with Crippen molar-refractivity contribution in [3.05, 3.63) is 108 Å². The second-order valence-electron chi connectivity index (χ2n) is 16.4. The van der Waals surface area contributed by atoms with Gasteiger partial charge < -0.3 is 40.1 Å². The second-order valence-corrected chi connectivity index (χ2v) is 16.4. The van der Waals surface area contributed by atoms with Crippen molar-refractivity contribution >= 4 is 56.9 Å². The average Bonchev–Trinajstić information content (AvgIpc) is 3.95. The van der Waals surface area contributed by atoms with Crippen LogP contribution in [0, 0.1) is 0 Å². The molecule has 3 fully saturated rings. The maximum Gasteiger partial charge on any atom is 0.416 e. The van der Waals surface area contributed by atoms with Gasteiger partial charge in [-0.3, -0.25) is 9.59 Å². The molecule has 9 rings (SSSR count). The molecule has 0 aliphatic carbocycles. The molecule has 20 heteroatoms. The molecule has 2 unspecified atom stereocenters. The Labute approximate surface area is 375 Å². The van der Waals surface area contributed by atoms with Crippen molar-refractivity contribution in [3.63, 3.8) is 0 Å². The fourth-order valence-electron chi connectivity index (χ4n) is 8.05. The molecule has 66 heavy (non-hydrogen) atoms. The predicted molar refractivity (Wildman–Crippen MR) is 237 cm³/mol. The van der Waals surface area contributed by atoms with Gasteiger partial charge in [0, 0.05) is 78.8 Å². The van der Waals surface area contributed by atoms with Crippen LogP contribution >= 0.6 is 0 Å². The Bertz CT molecular complexity index is 2660. The van der Waals surface area contributed by atoms with E-state index in [-0.39, 0.29) is 24.7 Å². The van der Waals surface area contributed by atoms with Gasteiger partial charge in [-0.15, -0.1) is 0 Å². The number of amides is 2. The summed E-state index contributed by atoms with van der Waals surface area (Å²) >= 11 is 0. The number of fused-ring (bicyclic) bond motifs is 4. The molecule has 346 valence electrons. The zero-order valence-electron chi connectivity index (χ0n) is 35.9. The summed E-state index contributed by atoms with van der Waals surface area (Å²) < 4.78 is 86.3. The highest BCUT2D eigenvalue weighted by atomic mass is 19.4.